The third kappa shape index (κ3) is 3.78. The van der Waals surface area contributed by atoms with Crippen LogP contribution in [-0.2, 0) is 9.53 Å². The van der Waals surface area contributed by atoms with Gasteiger partial charge < -0.3 is 23.7 Å². The Morgan fingerprint density at radius 1 is 1.04 bits per heavy atom. The summed E-state index contributed by atoms with van der Waals surface area (Å²) in [6.45, 7) is 1.58. The molecule has 0 N–H and O–H groups in total. The molecule has 2 aromatic carbocycles. The second-order valence-electron chi connectivity index (χ2n) is 6.00. The molecular weight excluding hydrogens is 364 g/mol. The van der Waals surface area contributed by atoms with Crippen molar-refractivity contribution in [1.82, 2.24) is 0 Å². The minimum Gasteiger partial charge on any atom is -0.493 e. The Labute approximate surface area is 162 Å². The first-order valence-electron chi connectivity index (χ1n) is 8.51. The van der Waals surface area contributed by atoms with Gasteiger partial charge in [0, 0.05) is 6.07 Å². The quantitative estimate of drug-likeness (QED) is 0.559. The lowest BCUT2D eigenvalue weighted by atomic mass is 10.1. The van der Waals surface area contributed by atoms with Crippen molar-refractivity contribution in [2.75, 3.05) is 21.3 Å². The number of carbonyl (C=O) groups excluding carboxylic acids is 2. The first-order chi connectivity index (χ1) is 13.5. The number of hydrogen-bond donors (Lipinski definition) is 0. The third-order valence-electron chi connectivity index (χ3n) is 4.19. The standard InChI is InChI=1S/C21H20O7/c1-12(21(23)26-4)27-14-6-7-15-17(11-14)28-19(20(15)22)10-13-5-8-16(24-2)18(9-13)25-3/h5-12H,1-4H3/b19-10-/t12-/m1/s1. The molecule has 0 aliphatic carbocycles. The molecular formula is C21H20O7. The van der Waals surface area contributed by atoms with Crippen molar-refractivity contribution < 1.29 is 33.3 Å². The predicted molar refractivity (Wildman–Crippen MR) is 101 cm³/mol. The molecule has 1 atom stereocenters. The molecule has 1 aliphatic heterocycles. The highest BCUT2D eigenvalue weighted by molar-refractivity contribution is 6.14. The molecule has 0 amide bonds. The van der Waals surface area contributed by atoms with Gasteiger partial charge in [-0.05, 0) is 42.8 Å². The number of rotatable bonds is 6. The molecule has 28 heavy (non-hydrogen) atoms. The van der Waals surface area contributed by atoms with E-state index < -0.39 is 12.1 Å². The zero-order chi connectivity index (χ0) is 20.3. The molecule has 7 heteroatoms. The van der Waals surface area contributed by atoms with E-state index in [0.29, 0.717) is 28.6 Å². The third-order valence-corrected chi connectivity index (χ3v) is 4.19. The van der Waals surface area contributed by atoms with Crippen LogP contribution in [-0.4, -0.2) is 39.2 Å². The number of esters is 1. The smallest absolute Gasteiger partial charge is 0.346 e. The molecule has 0 unspecified atom stereocenters. The fourth-order valence-corrected chi connectivity index (χ4v) is 2.75. The monoisotopic (exact) mass is 384 g/mol. The van der Waals surface area contributed by atoms with Crippen LogP contribution in [0.25, 0.3) is 6.08 Å². The zero-order valence-electron chi connectivity index (χ0n) is 16.0. The molecule has 146 valence electrons. The van der Waals surface area contributed by atoms with E-state index in [1.54, 1.807) is 63.6 Å². The molecule has 2 aromatic rings. The van der Waals surface area contributed by atoms with Crippen molar-refractivity contribution in [3.8, 4) is 23.0 Å². The Hall–Kier alpha value is -3.48. The van der Waals surface area contributed by atoms with E-state index >= 15 is 0 Å². The Kier molecular flexibility index (Phi) is 5.54. The predicted octanol–water partition coefficient (Wildman–Crippen LogP) is 3.26. The second-order valence-corrected chi connectivity index (χ2v) is 6.00. The summed E-state index contributed by atoms with van der Waals surface area (Å²) in [4.78, 5) is 24.1. The van der Waals surface area contributed by atoms with Crippen molar-refractivity contribution in [2.45, 2.75) is 13.0 Å². The van der Waals surface area contributed by atoms with Gasteiger partial charge in [-0.25, -0.2) is 4.79 Å². The molecule has 0 saturated heterocycles. The number of carbonyl (C=O) groups is 2. The van der Waals surface area contributed by atoms with E-state index in [2.05, 4.69) is 4.74 Å². The lowest BCUT2D eigenvalue weighted by Gasteiger charge is -2.12. The molecule has 0 fully saturated rings. The average Bonchev–Trinajstić information content (AvgIpc) is 3.01. The number of ether oxygens (including phenoxy) is 5. The summed E-state index contributed by atoms with van der Waals surface area (Å²) in [5.41, 5.74) is 1.15. The van der Waals surface area contributed by atoms with Crippen LogP contribution in [0.4, 0.5) is 0 Å². The van der Waals surface area contributed by atoms with E-state index in [1.807, 2.05) is 0 Å². The summed E-state index contributed by atoms with van der Waals surface area (Å²) >= 11 is 0. The number of methoxy groups -OCH3 is 3. The molecule has 0 saturated carbocycles. The average molecular weight is 384 g/mol. The summed E-state index contributed by atoms with van der Waals surface area (Å²) in [7, 11) is 4.38. The largest absolute Gasteiger partial charge is 0.493 e. The van der Waals surface area contributed by atoms with Gasteiger partial charge in [-0.15, -0.1) is 0 Å². The number of ketones is 1. The molecule has 7 nitrogen and oxygen atoms in total. The Morgan fingerprint density at radius 2 is 1.79 bits per heavy atom. The Bertz CT molecular complexity index is 946. The molecule has 3 rings (SSSR count). The highest BCUT2D eigenvalue weighted by atomic mass is 16.6. The van der Waals surface area contributed by atoms with Gasteiger partial charge in [0.15, 0.2) is 23.4 Å². The maximum Gasteiger partial charge on any atom is 0.346 e. The van der Waals surface area contributed by atoms with Crippen molar-refractivity contribution >= 4 is 17.8 Å². The summed E-state index contributed by atoms with van der Waals surface area (Å²) in [5.74, 6) is 1.35. The van der Waals surface area contributed by atoms with Crippen LogP contribution >= 0.6 is 0 Å². The number of Topliss-reactive ketones (excluding diaryl/α,β-unsaturated/α-hetero) is 1. The maximum atomic E-state index is 12.6. The van der Waals surface area contributed by atoms with E-state index in [9.17, 15) is 9.59 Å². The first-order valence-corrected chi connectivity index (χ1v) is 8.51. The fraction of sp³-hybridized carbons (Fsp3) is 0.238. The van der Waals surface area contributed by atoms with Gasteiger partial charge in [0.1, 0.15) is 11.5 Å². The van der Waals surface area contributed by atoms with Gasteiger partial charge in [0.2, 0.25) is 5.78 Å². The highest BCUT2D eigenvalue weighted by Crippen LogP contribution is 2.36. The fourth-order valence-electron chi connectivity index (χ4n) is 2.75. The van der Waals surface area contributed by atoms with Gasteiger partial charge in [-0.1, -0.05) is 6.07 Å². The topological polar surface area (TPSA) is 80.3 Å². The van der Waals surface area contributed by atoms with Gasteiger partial charge in [-0.3, -0.25) is 4.79 Å². The molecule has 1 aliphatic rings. The van der Waals surface area contributed by atoms with Gasteiger partial charge in [-0.2, -0.15) is 0 Å². The number of benzene rings is 2. The van der Waals surface area contributed by atoms with Gasteiger partial charge in [0.25, 0.3) is 0 Å². The summed E-state index contributed by atoms with van der Waals surface area (Å²) < 4.78 is 26.4. The lowest BCUT2D eigenvalue weighted by Crippen LogP contribution is -2.24. The minimum atomic E-state index is -0.776. The van der Waals surface area contributed by atoms with Crippen molar-refractivity contribution in [1.29, 1.82) is 0 Å². The molecule has 1 heterocycles. The van der Waals surface area contributed by atoms with Crippen LogP contribution in [0.3, 0.4) is 0 Å². The lowest BCUT2D eigenvalue weighted by molar-refractivity contribution is -0.147. The van der Waals surface area contributed by atoms with Crippen molar-refractivity contribution in [3.63, 3.8) is 0 Å². The number of hydrogen-bond acceptors (Lipinski definition) is 7. The normalized spacial score (nSPS) is 14.9. The Morgan fingerprint density at radius 3 is 2.46 bits per heavy atom. The number of allylic oxidation sites excluding steroid dienone is 1. The molecule has 0 aromatic heterocycles. The van der Waals surface area contributed by atoms with Crippen molar-refractivity contribution in [2.24, 2.45) is 0 Å². The van der Waals surface area contributed by atoms with E-state index in [1.165, 1.54) is 7.11 Å². The molecule has 0 bridgehead atoms. The zero-order valence-corrected chi connectivity index (χ0v) is 16.0. The summed E-state index contributed by atoms with van der Waals surface area (Å²) in [6, 6.07) is 10.1. The van der Waals surface area contributed by atoms with Crippen LogP contribution in [0.1, 0.15) is 22.8 Å². The first kappa shape index (κ1) is 19.3. The van der Waals surface area contributed by atoms with Crippen molar-refractivity contribution in [3.05, 3.63) is 53.3 Å². The van der Waals surface area contributed by atoms with E-state index in [0.717, 1.165) is 5.56 Å². The maximum absolute atomic E-state index is 12.6. The SMILES string of the molecule is COC(=O)[C@@H](C)Oc1ccc2c(c1)O/C(=C\c1ccc(OC)c(OC)c1)C2=O. The van der Waals surface area contributed by atoms with E-state index in [-0.39, 0.29) is 11.5 Å². The van der Waals surface area contributed by atoms with Crippen LogP contribution in [0.15, 0.2) is 42.2 Å². The molecule has 0 spiro atoms. The summed E-state index contributed by atoms with van der Waals surface area (Å²) in [6.07, 6.45) is 0.851. The Balaban J connectivity index is 1.83. The van der Waals surface area contributed by atoms with Crippen LogP contribution in [0, 0.1) is 0 Å². The van der Waals surface area contributed by atoms with Crippen LogP contribution in [0.2, 0.25) is 0 Å². The summed E-state index contributed by atoms with van der Waals surface area (Å²) in [5, 5.41) is 0. The highest BCUT2D eigenvalue weighted by Gasteiger charge is 2.28. The van der Waals surface area contributed by atoms with E-state index in [4.69, 9.17) is 18.9 Å². The van der Waals surface area contributed by atoms with Crippen LogP contribution < -0.4 is 18.9 Å². The van der Waals surface area contributed by atoms with Gasteiger partial charge >= 0.3 is 5.97 Å². The van der Waals surface area contributed by atoms with Crippen LogP contribution in [0.5, 0.6) is 23.0 Å². The van der Waals surface area contributed by atoms with Gasteiger partial charge in [0.05, 0.1) is 26.9 Å². The minimum absolute atomic E-state index is 0.181. The molecule has 0 radical (unpaired) electrons. The second kappa shape index (κ2) is 8.04. The number of fused-ring (bicyclic) bond motifs is 1.